The first-order chi connectivity index (χ1) is 11.5. The number of rotatable bonds is 4. The Hall–Kier alpha value is -0.460. The summed E-state index contributed by atoms with van der Waals surface area (Å²) in [5, 5.41) is 20.5. The molecule has 0 amide bonds. The summed E-state index contributed by atoms with van der Waals surface area (Å²) < 4.78 is 14.6. The second-order valence-electron chi connectivity index (χ2n) is 7.24. The molecule has 24 heavy (non-hydrogen) atoms. The molecule has 3 rings (SSSR count). The molecule has 0 aromatic rings. The molecule has 136 valence electrons. The van der Waals surface area contributed by atoms with Crippen LogP contribution in [0.15, 0.2) is 22.8 Å². The van der Waals surface area contributed by atoms with E-state index in [1.807, 2.05) is 6.08 Å². The van der Waals surface area contributed by atoms with Crippen molar-refractivity contribution in [3.8, 4) is 0 Å². The lowest BCUT2D eigenvalue weighted by Gasteiger charge is -2.41. The molecule has 1 saturated heterocycles. The second-order valence-corrected chi connectivity index (χ2v) is 7.73. The Morgan fingerprint density at radius 3 is 2.96 bits per heavy atom. The lowest BCUT2D eigenvalue weighted by molar-refractivity contribution is 0.116. The van der Waals surface area contributed by atoms with E-state index < -0.39 is 12.4 Å². The summed E-state index contributed by atoms with van der Waals surface area (Å²) in [7, 11) is 0. The Labute approximate surface area is 148 Å². The molecule has 2 heterocycles. The summed E-state index contributed by atoms with van der Waals surface area (Å²) in [6.45, 7) is 3.53. The van der Waals surface area contributed by atoms with E-state index in [0.717, 1.165) is 37.4 Å². The van der Waals surface area contributed by atoms with Crippen molar-refractivity contribution in [3.63, 3.8) is 0 Å². The number of hydrogen-bond acceptors (Lipinski definition) is 4. The lowest BCUT2D eigenvalue weighted by atomic mass is 9.75. The average molecular weight is 358 g/mol. The molecule has 0 aromatic carbocycles. The molecule has 0 bridgehead atoms. The third kappa shape index (κ3) is 4.38. The average Bonchev–Trinajstić information content (AvgIpc) is 2.57. The smallest absolute Gasteiger partial charge is 0.109 e. The van der Waals surface area contributed by atoms with Crippen molar-refractivity contribution in [2.24, 2.45) is 11.8 Å². The minimum atomic E-state index is -0.834. The molecule has 0 saturated carbocycles. The molecule has 1 aliphatic carbocycles. The van der Waals surface area contributed by atoms with Crippen LogP contribution in [0.3, 0.4) is 0 Å². The van der Waals surface area contributed by atoms with Crippen molar-refractivity contribution in [1.82, 2.24) is 16.0 Å². The molecule has 0 radical (unpaired) electrons. The van der Waals surface area contributed by atoms with Crippen LogP contribution in [0, 0.1) is 11.8 Å². The highest BCUT2D eigenvalue weighted by atomic mass is 35.5. The molecule has 5 unspecified atom stereocenters. The first-order valence-electron chi connectivity index (χ1n) is 9.15. The monoisotopic (exact) mass is 357 g/mol. The maximum absolute atomic E-state index is 14.6. The molecule has 4 N–H and O–H groups in total. The Balaban J connectivity index is 1.74. The molecule has 3 aliphatic rings. The van der Waals surface area contributed by atoms with Crippen LogP contribution in [-0.2, 0) is 0 Å². The molecule has 0 spiro atoms. The van der Waals surface area contributed by atoms with Crippen molar-refractivity contribution in [3.05, 3.63) is 22.8 Å². The number of hydrogen-bond donors (Lipinski definition) is 4. The Kier molecular flexibility index (Phi) is 6.33. The number of halogens is 2. The predicted molar refractivity (Wildman–Crippen MR) is 95.4 cm³/mol. The SMILES string of the molecule is CC(O)NC1C[C@H](C2=CCCNC2C2C=C(Cl)CCC2F)CCN1. The van der Waals surface area contributed by atoms with Gasteiger partial charge in [-0.25, -0.2) is 4.39 Å². The number of nitrogens with one attached hydrogen (secondary N) is 3. The summed E-state index contributed by atoms with van der Waals surface area (Å²) in [5.74, 6) is 0.234. The van der Waals surface area contributed by atoms with E-state index in [0.29, 0.717) is 18.8 Å². The van der Waals surface area contributed by atoms with Gasteiger partial charge in [-0.15, -0.1) is 0 Å². The summed E-state index contributed by atoms with van der Waals surface area (Å²) in [6.07, 6.45) is 7.08. The quantitative estimate of drug-likeness (QED) is 0.461. The van der Waals surface area contributed by atoms with E-state index in [4.69, 9.17) is 11.6 Å². The number of aliphatic hydroxyl groups is 1. The highest BCUT2D eigenvalue weighted by Gasteiger charge is 2.37. The second kappa shape index (κ2) is 8.28. The van der Waals surface area contributed by atoms with E-state index >= 15 is 0 Å². The maximum atomic E-state index is 14.6. The largest absolute Gasteiger partial charge is 0.379 e. The van der Waals surface area contributed by atoms with Gasteiger partial charge in [-0.2, -0.15) is 0 Å². The van der Waals surface area contributed by atoms with Crippen LogP contribution in [0.5, 0.6) is 0 Å². The van der Waals surface area contributed by atoms with Gasteiger partial charge in [0.2, 0.25) is 0 Å². The highest BCUT2D eigenvalue weighted by Crippen LogP contribution is 2.37. The summed E-state index contributed by atoms with van der Waals surface area (Å²) >= 11 is 6.21. The Morgan fingerprint density at radius 1 is 1.33 bits per heavy atom. The first kappa shape index (κ1) is 18.3. The van der Waals surface area contributed by atoms with Crippen molar-refractivity contribution in [2.45, 2.75) is 63.6 Å². The van der Waals surface area contributed by atoms with Crippen LogP contribution in [0.25, 0.3) is 0 Å². The standard InChI is InChI=1S/C18H29ClFN3O/c1-11(24)23-17-9-12(6-8-21-17)14-3-2-7-22-18(14)15-10-13(19)4-5-16(15)20/h3,10-12,15-18,21-24H,2,4-9H2,1H3/t11?,12-,15?,16?,17?,18?/m1/s1. The number of piperidine rings is 1. The third-order valence-corrected chi connectivity index (χ3v) is 5.72. The summed E-state index contributed by atoms with van der Waals surface area (Å²) in [6, 6.07) is 0.0399. The van der Waals surface area contributed by atoms with Crippen LogP contribution in [-0.4, -0.2) is 42.8 Å². The van der Waals surface area contributed by atoms with Crippen molar-refractivity contribution < 1.29 is 9.50 Å². The lowest BCUT2D eigenvalue weighted by Crippen LogP contribution is -2.53. The minimum Gasteiger partial charge on any atom is -0.379 e. The van der Waals surface area contributed by atoms with E-state index in [9.17, 15) is 9.50 Å². The Bertz CT molecular complexity index is 497. The molecule has 1 fully saturated rings. The Morgan fingerprint density at radius 2 is 2.17 bits per heavy atom. The number of aliphatic hydroxyl groups excluding tert-OH is 1. The van der Waals surface area contributed by atoms with Crippen molar-refractivity contribution >= 4 is 11.6 Å². The van der Waals surface area contributed by atoms with Crippen molar-refractivity contribution in [2.75, 3.05) is 13.1 Å². The molecule has 2 aliphatic heterocycles. The fraction of sp³-hybridized carbons (Fsp3) is 0.778. The van der Waals surface area contributed by atoms with Crippen LogP contribution in [0.1, 0.15) is 39.0 Å². The van der Waals surface area contributed by atoms with Gasteiger partial charge < -0.3 is 15.7 Å². The molecular formula is C18H29ClFN3O. The van der Waals surface area contributed by atoms with Crippen molar-refractivity contribution in [1.29, 1.82) is 0 Å². The molecular weight excluding hydrogens is 329 g/mol. The molecule has 0 aromatic heterocycles. The normalized spacial score (nSPS) is 39.1. The highest BCUT2D eigenvalue weighted by molar-refractivity contribution is 6.29. The van der Waals surface area contributed by atoms with E-state index in [2.05, 4.69) is 22.0 Å². The van der Waals surface area contributed by atoms with Crippen LogP contribution < -0.4 is 16.0 Å². The predicted octanol–water partition coefficient (Wildman–Crippen LogP) is 2.40. The molecule has 4 nitrogen and oxygen atoms in total. The van der Waals surface area contributed by atoms with Gasteiger partial charge in [-0.3, -0.25) is 5.32 Å². The van der Waals surface area contributed by atoms with Gasteiger partial charge >= 0.3 is 0 Å². The van der Waals surface area contributed by atoms with Gasteiger partial charge in [0.25, 0.3) is 0 Å². The van der Waals surface area contributed by atoms with E-state index in [-0.39, 0.29) is 18.1 Å². The van der Waals surface area contributed by atoms with Gasteiger partial charge in [0.15, 0.2) is 0 Å². The zero-order chi connectivity index (χ0) is 17.1. The summed E-state index contributed by atoms with van der Waals surface area (Å²) in [5.41, 5.74) is 1.33. The van der Waals surface area contributed by atoms with Crippen LogP contribution >= 0.6 is 11.6 Å². The van der Waals surface area contributed by atoms with Gasteiger partial charge in [0, 0.05) is 17.0 Å². The first-order valence-corrected chi connectivity index (χ1v) is 9.53. The van der Waals surface area contributed by atoms with E-state index in [1.54, 1.807) is 6.92 Å². The minimum absolute atomic E-state index is 0.0399. The third-order valence-electron chi connectivity index (χ3n) is 5.40. The van der Waals surface area contributed by atoms with Gasteiger partial charge in [-0.1, -0.05) is 29.3 Å². The van der Waals surface area contributed by atoms with Gasteiger partial charge in [0.1, 0.15) is 12.4 Å². The zero-order valence-corrected chi connectivity index (χ0v) is 15.0. The van der Waals surface area contributed by atoms with Crippen LogP contribution in [0.2, 0.25) is 0 Å². The number of allylic oxidation sites excluding steroid dienone is 1. The maximum Gasteiger partial charge on any atom is 0.109 e. The molecule has 6 heteroatoms. The van der Waals surface area contributed by atoms with E-state index in [1.165, 1.54) is 5.57 Å². The molecule has 6 atom stereocenters. The summed E-state index contributed by atoms with van der Waals surface area (Å²) in [4.78, 5) is 0. The zero-order valence-electron chi connectivity index (χ0n) is 14.3. The number of alkyl halides is 1. The fourth-order valence-corrected chi connectivity index (χ4v) is 4.56. The topological polar surface area (TPSA) is 56.3 Å². The van der Waals surface area contributed by atoms with Gasteiger partial charge in [0.05, 0.1) is 6.17 Å². The fourth-order valence-electron chi connectivity index (χ4n) is 4.31. The van der Waals surface area contributed by atoms with Crippen LogP contribution in [0.4, 0.5) is 4.39 Å². The van der Waals surface area contributed by atoms with Gasteiger partial charge in [-0.05, 0) is 58.0 Å².